The zero-order chi connectivity index (χ0) is 13.4. The number of nitriles is 1. The molecule has 1 saturated carbocycles. The van der Waals surface area contributed by atoms with Crippen LogP contribution in [0.1, 0.15) is 32.1 Å². The van der Waals surface area contributed by atoms with E-state index in [9.17, 15) is 10.1 Å². The van der Waals surface area contributed by atoms with E-state index in [-0.39, 0.29) is 12.0 Å². The van der Waals surface area contributed by atoms with Gasteiger partial charge < -0.3 is 14.8 Å². The highest BCUT2D eigenvalue weighted by Crippen LogP contribution is 2.35. The Kier molecular flexibility index (Phi) is 6.10. The number of ether oxygens (including phenoxy) is 2. The van der Waals surface area contributed by atoms with E-state index in [0.29, 0.717) is 26.0 Å². The van der Waals surface area contributed by atoms with Crippen LogP contribution in [-0.2, 0) is 14.3 Å². The average molecular weight is 254 g/mol. The summed E-state index contributed by atoms with van der Waals surface area (Å²) in [7, 11) is 3.17. The van der Waals surface area contributed by atoms with Crippen LogP contribution in [0, 0.1) is 16.7 Å². The van der Waals surface area contributed by atoms with Gasteiger partial charge in [0.25, 0.3) is 0 Å². The summed E-state index contributed by atoms with van der Waals surface area (Å²) < 4.78 is 10.2. The number of hydrogen-bond donors (Lipinski definition) is 1. The lowest BCUT2D eigenvalue weighted by Gasteiger charge is -2.29. The van der Waals surface area contributed by atoms with E-state index < -0.39 is 5.41 Å². The van der Waals surface area contributed by atoms with Gasteiger partial charge >= 0.3 is 0 Å². The van der Waals surface area contributed by atoms with Gasteiger partial charge in [-0.2, -0.15) is 5.26 Å². The molecule has 0 heterocycles. The lowest BCUT2D eigenvalue weighted by molar-refractivity contribution is -0.130. The molecule has 1 atom stereocenters. The van der Waals surface area contributed by atoms with Gasteiger partial charge in [-0.05, 0) is 12.8 Å². The van der Waals surface area contributed by atoms with E-state index in [2.05, 4.69) is 11.4 Å². The smallest absolute Gasteiger partial charge is 0.240 e. The molecule has 0 aliphatic heterocycles. The first kappa shape index (κ1) is 14.9. The number of rotatable bonds is 6. The molecule has 1 rings (SSSR count). The molecule has 0 aromatic heterocycles. The molecule has 0 spiro atoms. The predicted octanol–water partition coefficient (Wildman–Crippen LogP) is 1.24. The van der Waals surface area contributed by atoms with Crippen LogP contribution < -0.4 is 5.32 Å². The van der Waals surface area contributed by atoms with Gasteiger partial charge in [0.05, 0.1) is 18.8 Å². The van der Waals surface area contributed by atoms with E-state index in [4.69, 9.17) is 9.47 Å². The fourth-order valence-corrected chi connectivity index (χ4v) is 2.32. The Morgan fingerprint density at radius 2 is 2.06 bits per heavy atom. The van der Waals surface area contributed by atoms with Crippen molar-refractivity contribution >= 4 is 5.91 Å². The number of carbonyl (C=O) groups excluding carboxylic acids is 1. The maximum Gasteiger partial charge on any atom is 0.240 e. The van der Waals surface area contributed by atoms with Crippen molar-refractivity contribution in [3.8, 4) is 6.07 Å². The maximum atomic E-state index is 12.1. The summed E-state index contributed by atoms with van der Waals surface area (Å²) in [5.41, 5.74) is -0.830. The number of nitrogens with one attached hydrogen (secondary N) is 1. The molecule has 1 unspecified atom stereocenters. The second-order valence-corrected chi connectivity index (χ2v) is 4.78. The number of carbonyl (C=O) groups is 1. The highest BCUT2D eigenvalue weighted by atomic mass is 16.5. The second-order valence-electron chi connectivity index (χ2n) is 4.78. The van der Waals surface area contributed by atoms with Crippen LogP contribution in [0.15, 0.2) is 0 Å². The Hall–Kier alpha value is -1.12. The summed E-state index contributed by atoms with van der Waals surface area (Å²) in [6, 6.07) is 2.21. The number of methoxy groups -OCH3 is 2. The van der Waals surface area contributed by atoms with Crippen molar-refractivity contribution in [2.75, 3.05) is 27.4 Å². The molecule has 5 heteroatoms. The number of nitrogens with zero attached hydrogens (tertiary/aromatic N) is 1. The summed E-state index contributed by atoms with van der Waals surface area (Å²) >= 11 is 0. The molecule has 1 fully saturated rings. The summed E-state index contributed by atoms with van der Waals surface area (Å²) in [5, 5.41) is 12.1. The van der Waals surface area contributed by atoms with E-state index in [1.807, 2.05) is 0 Å². The van der Waals surface area contributed by atoms with Gasteiger partial charge in [0.2, 0.25) is 5.91 Å². The summed E-state index contributed by atoms with van der Waals surface area (Å²) in [4.78, 5) is 12.1. The monoisotopic (exact) mass is 254 g/mol. The molecule has 102 valence electrons. The average Bonchev–Trinajstić information content (AvgIpc) is 2.43. The predicted molar refractivity (Wildman–Crippen MR) is 66.8 cm³/mol. The maximum absolute atomic E-state index is 12.1. The topological polar surface area (TPSA) is 71.3 Å². The Morgan fingerprint density at radius 1 is 1.39 bits per heavy atom. The molecular weight excluding hydrogens is 232 g/mol. The minimum Gasteiger partial charge on any atom is -0.382 e. The summed E-state index contributed by atoms with van der Waals surface area (Å²) in [6.07, 6.45) is 4.17. The highest BCUT2D eigenvalue weighted by molar-refractivity contribution is 5.85. The van der Waals surface area contributed by atoms with Gasteiger partial charge in [-0.15, -0.1) is 0 Å². The van der Waals surface area contributed by atoms with Crippen LogP contribution in [-0.4, -0.2) is 39.4 Å². The van der Waals surface area contributed by atoms with Gasteiger partial charge in [-0.25, -0.2) is 0 Å². The molecule has 1 amide bonds. The summed E-state index contributed by atoms with van der Waals surface area (Å²) in [5.74, 6) is -0.164. The SMILES string of the molecule is COCC(CNC(=O)C1(C#N)CCCCC1)OC. The minimum absolute atomic E-state index is 0.164. The number of amides is 1. The fraction of sp³-hybridized carbons (Fsp3) is 0.846. The minimum atomic E-state index is -0.830. The van der Waals surface area contributed by atoms with E-state index in [1.54, 1.807) is 14.2 Å². The third-order valence-electron chi connectivity index (χ3n) is 3.53. The Morgan fingerprint density at radius 3 is 2.56 bits per heavy atom. The Labute approximate surface area is 108 Å². The molecule has 0 aromatic carbocycles. The largest absolute Gasteiger partial charge is 0.382 e. The van der Waals surface area contributed by atoms with Crippen LogP contribution in [0.25, 0.3) is 0 Å². The van der Waals surface area contributed by atoms with Gasteiger partial charge in [0, 0.05) is 20.8 Å². The molecule has 0 aromatic rings. The third-order valence-corrected chi connectivity index (χ3v) is 3.53. The van der Waals surface area contributed by atoms with E-state index >= 15 is 0 Å². The fourth-order valence-electron chi connectivity index (χ4n) is 2.32. The number of hydrogen-bond acceptors (Lipinski definition) is 4. The standard InChI is InChI=1S/C13H22N2O3/c1-17-9-11(18-2)8-15-12(16)13(10-14)6-4-3-5-7-13/h11H,3-9H2,1-2H3,(H,15,16). The zero-order valence-corrected chi connectivity index (χ0v) is 11.2. The Balaban J connectivity index is 2.50. The zero-order valence-electron chi connectivity index (χ0n) is 11.2. The summed E-state index contributed by atoms with van der Waals surface area (Å²) in [6.45, 7) is 0.808. The molecule has 0 radical (unpaired) electrons. The van der Waals surface area contributed by atoms with Crippen molar-refractivity contribution in [1.82, 2.24) is 5.32 Å². The van der Waals surface area contributed by atoms with E-state index in [1.165, 1.54) is 0 Å². The van der Waals surface area contributed by atoms with Crippen LogP contribution in [0.4, 0.5) is 0 Å². The molecule has 0 saturated heterocycles. The van der Waals surface area contributed by atoms with Crippen molar-refractivity contribution in [3.05, 3.63) is 0 Å². The lowest BCUT2D eigenvalue weighted by Crippen LogP contribution is -2.45. The van der Waals surface area contributed by atoms with Crippen LogP contribution in [0.2, 0.25) is 0 Å². The second kappa shape index (κ2) is 7.34. The Bertz CT molecular complexity index is 306. The molecule has 1 N–H and O–H groups in total. The van der Waals surface area contributed by atoms with Crippen molar-refractivity contribution in [3.63, 3.8) is 0 Å². The molecular formula is C13H22N2O3. The quantitative estimate of drug-likeness (QED) is 0.774. The van der Waals surface area contributed by atoms with Gasteiger partial charge in [-0.1, -0.05) is 19.3 Å². The van der Waals surface area contributed by atoms with Crippen LogP contribution >= 0.6 is 0 Å². The normalized spacial score (nSPS) is 19.8. The van der Waals surface area contributed by atoms with Gasteiger partial charge in [0.15, 0.2) is 0 Å². The first-order valence-electron chi connectivity index (χ1n) is 6.40. The van der Waals surface area contributed by atoms with Crippen molar-refractivity contribution in [1.29, 1.82) is 5.26 Å². The van der Waals surface area contributed by atoms with Crippen LogP contribution in [0.3, 0.4) is 0 Å². The van der Waals surface area contributed by atoms with Crippen molar-refractivity contribution < 1.29 is 14.3 Å². The molecule has 1 aliphatic rings. The lowest BCUT2D eigenvalue weighted by atomic mass is 9.74. The molecule has 0 bridgehead atoms. The van der Waals surface area contributed by atoms with E-state index in [0.717, 1.165) is 19.3 Å². The van der Waals surface area contributed by atoms with Gasteiger partial charge in [0.1, 0.15) is 5.41 Å². The van der Waals surface area contributed by atoms with Crippen molar-refractivity contribution in [2.45, 2.75) is 38.2 Å². The van der Waals surface area contributed by atoms with Crippen molar-refractivity contribution in [2.24, 2.45) is 5.41 Å². The third kappa shape index (κ3) is 3.69. The van der Waals surface area contributed by atoms with Crippen LogP contribution in [0.5, 0.6) is 0 Å². The molecule has 18 heavy (non-hydrogen) atoms. The highest BCUT2D eigenvalue weighted by Gasteiger charge is 2.39. The molecule has 5 nitrogen and oxygen atoms in total. The van der Waals surface area contributed by atoms with Gasteiger partial charge in [-0.3, -0.25) is 4.79 Å². The molecule has 1 aliphatic carbocycles. The first-order valence-corrected chi connectivity index (χ1v) is 6.40. The first-order chi connectivity index (χ1) is 8.68.